The van der Waals surface area contributed by atoms with Crippen molar-refractivity contribution in [2.24, 2.45) is 5.73 Å². The second-order valence-corrected chi connectivity index (χ2v) is 4.51. The summed E-state index contributed by atoms with van der Waals surface area (Å²) < 4.78 is 28.6. The fourth-order valence-corrected chi connectivity index (χ4v) is 2.11. The lowest BCUT2D eigenvalue weighted by Crippen LogP contribution is -2.27. The summed E-state index contributed by atoms with van der Waals surface area (Å²) in [5, 5.41) is 0. The van der Waals surface area contributed by atoms with E-state index in [1.54, 1.807) is 12.3 Å². The first-order valence-electron chi connectivity index (χ1n) is 6.30. The van der Waals surface area contributed by atoms with E-state index in [1.807, 2.05) is 17.7 Å². The van der Waals surface area contributed by atoms with Crippen molar-refractivity contribution in [3.05, 3.63) is 53.6 Å². The number of nitrogens with zero attached hydrogens (tertiary/aromatic N) is 2. The van der Waals surface area contributed by atoms with E-state index in [0.29, 0.717) is 18.4 Å². The number of nitrogens with two attached hydrogens (primary N) is 1. The molecular formula is C14H17F2N3. The highest BCUT2D eigenvalue weighted by atomic mass is 19.2. The molecule has 0 aliphatic rings. The van der Waals surface area contributed by atoms with Crippen LogP contribution in [0.4, 0.5) is 8.78 Å². The van der Waals surface area contributed by atoms with Crippen LogP contribution in [0.5, 0.6) is 0 Å². The van der Waals surface area contributed by atoms with Gasteiger partial charge in [-0.25, -0.2) is 13.8 Å². The molecule has 0 spiro atoms. The summed E-state index contributed by atoms with van der Waals surface area (Å²) in [4.78, 5) is 4.22. The van der Waals surface area contributed by atoms with Crippen LogP contribution >= 0.6 is 0 Å². The predicted octanol–water partition coefficient (Wildman–Crippen LogP) is 2.29. The highest BCUT2D eigenvalue weighted by Gasteiger charge is 2.13. The van der Waals surface area contributed by atoms with Gasteiger partial charge in [-0.1, -0.05) is 12.1 Å². The first-order valence-corrected chi connectivity index (χ1v) is 6.30. The molecule has 3 nitrogen and oxygen atoms in total. The van der Waals surface area contributed by atoms with Crippen LogP contribution in [-0.2, 0) is 19.4 Å². The van der Waals surface area contributed by atoms with Gasteiger partial charge in [0.05, 0.1) is 0 Å². The van der Waals surface area contributed by atoms with Crippen molar-refractivity contribution in [1.29, 1.82) is 0 Å². The smallest absolute Gasteiger partial charge is 0.162 e. The number of aryl methyl sites for hydroxylation is 1. The molecule has 0 aliphatic heterocycles. The number of hydrogen-bond acceptors (Lipinski definition) is 2. The Labute approximate surface area is 111 Å². The van der Waals surface area contributed by atoms with E-state index in [0.717, 1.165) is 18.4 Å². The minimum Gasteiger partial charge on any atom is -0.335 e. The van der Waals surface area contributed by atoms with Crippen LogP contribution in [0, 0.1) is 11.6 Å². The lowest BCUT2D eigenvalue weighted by atomic mass is 10.0. The molecule has 0 bridgehead atoms. The molecule has 0 amide bonds. The second-order valence-electron chi connectivity index (χ2n) is 4.51. The van der Waals surface area contributed by atoms with Crippen molar-refractivity contribution in [3.8, 4) is 0 Å². The quantitative estimate of drug-likeness (QED) is 0.901. The Hall–Kier alpha value is -1.75. The van der Waals surface area contributed by atoms with Crippen LogP contribution < -0.4 is 5.73 Å². The van der Waals surface area contributed by atoms with Gasteiger partial charge in [-0.2, -0.15) is 0 Å². The maximum Gasteiger partial charge on any atom is 0.162 e. The number of hydrogen-bond donors (Lipinski definition) is 1. The van der Waals surface area contributed by atoms with Crippen molar-refractivity contribution in [2.45, 2.75) is 32.4 Å². The van der Waals surface area contributed by atoms with Crippen LogP contribution in [-0.4, -0.2) is 15.6 Å². The molecular weight excluding hydrogens is 248 g/mol. The summed E-state index contributed by atoms with van der Waals surface area (Å²) in [7, 11) is 0. The molecule has 0 aliphatic carbocycles. The Bertz CT molecular complexity index is 551. The van der Waals surface area contributed by atoms with E-state index in [9.17, 15) is 8.78 Å². The maximum atomic E-state index is 13.5. The third-order valence-corrected chi connectivity index (χ3v) is 3.10. The predicted molar refractivity (Wildman–Crippen MR) is 69.6 cm³/mol. The molecule has 102 valence electrons. The molecule has 19 heavy (non-hydrogen) atoms. The fourth-order valence-electron chi connectivity index (χ4n) is 2.11. The zero-order chi connectivity index (χ0) is 13.8. The molecule has 1 aromatic carbocycles. The Morgan fingerprint density at radius 1 is 1.32 bits per heavy atom. The normalized spacial score (nSPS) is 12.6. The van der Waals surface area contributed by atoms with Crippen molar-refractivity contribution < 1.29 is 8.78 Å². The van der Waals surface area contributed by atoms with Gasteiger partial charge in [0.1, 0.15) is 5.82 Å². The Kier molecular flexibility index (Phi) is 4.27. The molecule has 0 saturated heterocycles. The maximum absolute atomic E-state index is 13.5. The number of aromatic nitrogens is 2. The first-order chi connectivity index (χ1) is 9.11. The molecule has 5 heteroatoms. The summed E-state index contributed by atoms with van der Waals surface area (Å²) in [6.07, 6.45) is 4.43. The van der Waals surface area contributed by atoms with Gasteiger partial charge in [-0.05, 0) is 25.0 Å². The number of imidazole rings is 1. The van der Waals surface area contributed by atoms with Gasteiger partial charge in [0.15, 0.2) is 11.6 Å². The monoisotopic (exact) mass is 265 g/mol. The zero-order valence-electron chi connectivity index (χ0n) is 10.8. The van der Waals surface area contributed by atoms with Gasteiger partial charge in [-0.15, -0.1) is 0 Å². The molecule has 1 atom stereocenters. The van der Waals surface area contributed by atoms with Gasteiger partial charge in [0, 0.05) is 31.4 Å². The molecule has 0 fully saturated rings. The van der Waals surface area contributed by atoms with Crippen LogP contribution in [0.15, 0.2) is 30.6 Å². The molecule has 2 N–H and O–H groups in total. The SMILES string of the molecule is CCn1ccnc1CC(N)Cc1cccc(F)c1F. The molecule has 0 saturated carbocycles. The van der Waals surface area contributed by atoms with Crippen LogP contribution in [0.1, 0.15) is 18.3 Å². The Morgan fingerprint density at radius 3 is 2.84 bits per heavy atom. The van der Waals surface area contributed by atoms with Crippen LogP contribution in [0.25, 0.3) is 0 Å². The van der Waals surface area contributed by atoms with E-state index < -0.39 is 11.6 Å². The average Bonchev–Trinajstić information content (AvgIpc) is 2.82. The highest BCUT2D eigenvalue weighted by molar-refractivity contribution is 5.20. The van der Waals surface area contributed by atoms with Crippen molar-refractivity contribution in [2.75, 3.05) is 0 Å². The lowest BCUT2D eigenvalue weighted by molar-refractivity contribution is 0.491. The van der Waals surface area contributed by atoms with E-state index in [1.165, 1.54) is 6.07 Å². The van der Waals surface area contributed by atoms with Gasteiger partial charge >= 0.3 is 0 Å². The number of halogens is 2. The topological polar surface area (TPSA) is 43.8 Å². The molecule has 0 radical (unpaired) electrons. The first kappa shape index (κ1) is 13.7. The summed E-state index contributed by atoms with van der Waals surface area (Å²) in [5.74, 6) is -0.775. The number of rotatable bonds is 5. The molecule has 1 heterocycles. The zero-order valence-corrected chi connectivity index (χ0v) is 10.8. The minimum absolute atomic E-state index is 0.288. The number of benzene rings is 1. The standard InChI is InChI=1S/C14H17F2N3/c1-2-19-7-6-18-13(19)9-11(17)8-10-4-3-5-12(15)14(10)16/h3-7,11H,2,8-9,17H2,1H3. The molecule has 1 unspecified atom stereocenters. The van der Waals surface area contributed by atoms with Crippen LogP contribution in [0.2, 0.25) is 0 Å². The third-order valence-electron chi connectivity index (χ3n) is 3.10. The van der Waals surface area contributed by atoms with Crippen molar-refractivity contribution >= 4 is 0 Å². The van der Waals surface area contributed by atoms with E-state index in [2.05, 4.69) is 4.98 Å². The summed E-state index contributed by atoms with van der Waals surface area (Å²) in [5.41, 5.74) is 6.30. The van der Waals surface area contributed by atoms with E-state index in [4.69, 9.17) is 5.73 Å². The average molecular weight is 265 g/mol. The largest absolute Gasteiger partial charge is 0.335 e. The minimum atomic E-state index is -0.834. The molecule has 1 aromatic heterocycles. The molecule has 2 aromatic rings. The summed E-state index contributed by atoms with van der Waals surface area (Å²) in [6, 6.07) is 3.87. The third kappa shape index (κ3) is 3.17. The van der Waals surface area contributed by atoms with Gasteiger partial charge in [0.2, 0.25) is 0 Å². The Morgan fingerprint density at radius 2 is 2.11 bits per heavy atom. The van der Waals surface area contributed by atoms with Crippen LogP contribution in [0.3, 0.4) is 0 Å². The Balaban J connectivity index is 2.05. The molecule has 2 rings (SSSR count). The van der Waals surface area contributed by atoms with Gasteiger partial charge in [-0.3, -0.25) is 0 Å². The highest BCUT2D eigenvalue weighted by Crippen LogP contribution is 2.14. The fraction of sp³-hybridized carbons (Fsp3) is 0.357. The van der Waals surface area contributed by atoms with E-state index >= 15 is 0 Å². The van der Waals surface area contributed by atoms with Gasteiger partial charge < -0.3 is 10.3 Å². The van der Waals surface area contributed by atoms with Crippen molar-refractivity contribution in [3.63, 3.8) is 0 Å². The van der Waals surface area contributed by atoms with Gasteiger partial charge in [0.25, 0.3) is 0 Å². The second kappa shape index (κ2) is 5.93. The van der Waals surface area contributed by atoms with Crippen molar-refractivity contribution in [1.82, 2.24) is 9.55 Å². The summed E-state index contributed by atoms with van der Waals surface area (Å²) >= 11 is 0. The summed E-state index contributed by atoms with van der Waals surface area (Å²) in [6.45, 7) is 2.83. The van der Waals surface area contributed by atoms with E-state index in [-0.39, 0.29) is 6.04 Å². The lowest BCUT2D eigenvalue weighted by Gasteiger charge is -2.13.